The molecule has 0 radical (unpaired) electrons. The number of ether oxygens (including phenoxy) is 4. The van der Waals surface area contributed by atoms with E-state index in [0.29, 0.717) is 22.6 Å². The maximum absolute atomic E-state index is 13.3. The Labute approximate surface area is 179 Å². The summed E-state index contributed by atoms with van der Waals surface area (Å²) in [4.78, 5) is 39.3. The van der Waals surface area contributed by atoms with Gasteiger partial charge in [-0.2, -0.15) is 0 Å². The summed E-state index contributed by atoms with van der Waals surface area (Å²) in [5.41, 5.74) is -0.101. The van der Waals surface area contributed by atoms with Crippen LogP contribution in [0.2, 0.25) is 0 Å². The van der Waals surface area contributed by atoms with E-state index in [0.717, 1.165) is 0 Å². The van der Waals surface area contributed by atoms with E-state index in [1.54, 1.807) is 62.6 Å². The normalized spacial score (nSPS) is 23.7. The van der Waals surface area contributed by atoms with E-state index in [2.05, 4.69) is 0 Å². The first-order valence-electron chi connectivity index (χ1n) is 9.91. The molecule has 1 aliphatic heterocycles. The third-order valence-electron chi connectivity index (χ3n) is 5.85. The Morgan fingerprint density at radius 1 is 1.06 bits per heavy atom. The fraction of sp³-hybridized carbons (Fsp3) is 0.292. The van der Waals surface area contributed by atoms with Gasteiger partial charge in [0.1, 0.15) is 16.9 Å². The van der Waals surface area contributed by atoms with Crippen molar-refractivity contribution < 1.29 is 33.3 Å². The Bertz CT molecular complexity index is 1070. The zero-order chi connectivity index (χ0) is 22.2. The van der Waals surface area contributed by atoms with Crippen molar-refractivity contribution >= 4 is 17.9 Å². The van der Waals surface area contributed by atoms with Crippen LogP contribution >= 0.6 is 0 Å². The van der Waals surface area contributed by atoms with E-state index < -0.39 is 35.2 Å². The molecule has 2 aliphatic rings. The monoisotopic (exact) mass is 422 g/mol. The van der Waals surface area contributed by atoms with Crippen LogP contribution in [0.1, 0.15) is 24.0 Å². The molecule has 1 aliphatic carbocycles. The number of fused-ring (bicyclic) bond motifs is 2. The van der Waals surface area contributed by atoms with Crippen molar-refractivity contribution in [2.45, 2.75) is 18.3 Å². The lowest BCUT2D eigenvalue weighted by molar-refractivity contribution is -0.155. The lowest BCUT2D eigenvalue weighted by Crippen LogP contribution is -2.44. The average molecular weight is 422 g/mol. The molecule has 0 bridgehead atoms. The topological polar surface area (TPSA) is 88.1 Å². The minimum absolute atomic E-state index is 0.130. The number of carbonyl (C=O) groups excluding carboxylic acids is 3. The van der Waals surface area contributed by atoms with E-state index in [1.165, 1.54) is 13.2 Å². The van der Waals surface area contributed by atoms with Crippen LogP contribution in [0.4, 0.5) is 0 Å². The van der Waals surface area contributed by atoms with Gasteiger partial charge in [0.15, 0.2) is 0 Å². The highest BCUT2D eigenvalue weighted by Crippen LogP contribution is 2.57. The van der Waals surface area contributed by atoms with Crippen molar-refractivity contribution in [1.82, 2.24) is 0 Å². The molecule has 2 aromatic rings. The van der Waals surface area contributed by atoms with Crippen LogP contribution in [-0.2, 0) is 29.3 Å². The van der Waals surface area contributed by atoms with Crippen LogP contribution in [-0.4, -0.2) is 38.7 Å². The Morgan fingerprint density at radius 3 is 2.42 bits per heavy atom. The van der Waals surface area contributed by atoms with Crippen molar-refractivity contribution in [3.63, 3.8) is 0 Å². The van der Waals surface area contributed by atoms with Crippen LogP contribution < -0.4 is 9.47 Å². The third-order valence-corrected chi connectivity index (χ3v) is 5.85. The van der Waals surface area contributed by atoms with Crippen molar-refractivity contribution in [3.8, 4) is 11.5 Å². The summed E-state index contributed by atoms with van der Waals surface area (Å²) in [6, 6.07) is 13.9. The molecule has 0 unspecified atom stereocenters. The Balaban J connectivity index is 1.96. The second-order valence-electron chi connectivity index (χ2n) is 7.33. The van der Waals surface area contributed by atoms with Crippen molar-refractivity contribution in [3.05, 3.63) is 71.3 Å². The molecule has 7 heteroatoms. The molecule has 0 fully saturated rings. The predicted octanol–water partition coefficient (Wildman–Crippen LogP) is 2.93. The molecule has 0 aromatic heterocycles. The van der Waals surface area contributed by atoms with Crippen LogP contribution in [0.3, 0.4) is 0 Å². The van der Waals surface area contributed by atoms with Gasteiger partial charge < -0.3 is 18.9 Å². The average Bonchev–Trinajstić information content (AvgIpc) is 3.29. The molecule has 0 N–H and O–H groups in total. The number of esters is 3. The summed E-state index contributed by atoms with van der Waals surface area (Å²) in [5, 5.41) is 0. The molecule has 3 atom stereocenters. The van der Waals surface area contributed by atoms with E-state index in [9.17, 15) is 14.4 Å². The predicted molar refractivity (Wildman–Crippen MR) is 110 cm³/mol. The highest BCUT2D eigenvalue weighted by Gasteiger charge is 2.64. The highest BCUT2D eigenvalue weighted by atomic mass is 16.5. The zero-order valence-electron chi connectivity index (χ0n) is 17.4. The van der Waals surface area contributed by atoms with E-state index in [4.69, 9.17) is 18.9 Å². The van der Waals surface area contributed by atoms with Gasteiger partial charge in [-0.1, -0.05) is 36.4 Å². The van der Waals surface area contributed by atoms with Gasteiger partial charge in [0.2, 0.25) is 0 Å². The van der Waals surface area contributed by atoms with Gasteiger partial charge in [-0.15, -0.1) is 0 Å². The van der Waals surface area contributed by atoms with Crippen LogP contribution in [0.15, 0.2) is 60.2 Å². The summed E-state index contributed by atoms with van der Waals surface area (Å²) < 4.78 is 21.1. The Hall–Kier alpha value is -3.61. The molecular formula is C24H22O7. The van der Waals surface area contributed by atoms with Gasteiger partial charge in [0.25, 0.3) is 0 Å². The third kappa shape index (κ3) is 3.08. The molecule has 0 saturated carbocycles. The number of methoxy groups -OCH3 is 2. The van der Waals surface area contributed by atoms with Gasteiger partial charge in [-0.05, 0) is 30.7 Å². The lowest BCUT2D eigenvalue weighted by Gasteiger charge is -2.30. The highest BCUT2D eigenvalue weighted by molar-refractivity contribution is 6.04. The van der Waals surface area contributed by atoms with Crippen LogP contribution in [0.5, 0.6) is 11.5 Å². The van der Waals surface area contributed by atoms with E-state index in [-0.39, 0.29) is 12.2 Å². The molecule has 0 saturated heterocycles. The second-order valence-corrected chi connectivity index (χ2v) is 7.33. The lowest BCUT2D eigenvalue weighted by atomic mass is 9.69. The molecule has 1 heterocycles. The van der Waals surface area contributed by atoms with Crippen molar-refractivity contribution in [2.24, 2.45) is 5.92 Å². The van der Waals surface area contributed by atoms with Crippen LogP contribution in [0.25, 0.3) is 0 Å². The fourth-order valence-electron chi connectivity index (χ4n) is 4.53. The molecule has 0 amide bonds. The Kier molecular flexibility index (Phi) is 5.27. The quantitative estimate of drug-likeness (QED) is 0.541. The largest absolute Gasteiger partial charge is 0.497 e. The van der Waals surface area contributed by atoms with Crippen molar-refractivity contribution in [1.29, 1.82) is 0 Å². The maximum Gasteiger partial charge on any atom is 0.334 e. The molecule has 31 heavy (non-hydrogen) atoms. The summed E-state index contributed by atoms with van der Waals surface area (Å²) in [5.74, 6) is -2.65. The first-order valence-corrected chi connectivity index (χ1v) is 9.91. The number of benzene rings is 2. The summed E-state index contributed by atoms with van der Waals surface area (Å²) >= 11 is 0. The minimum Gasteiger partial charge on any atom is -0.497 e. The molecular weight excluding hydrogens is 400 g/mol. The standard InChI is InChI=1S/C24H22O7/c1-4-30-22(26)20-19(14-9-11-15(28-2)12-10-14)16(21(25)29-3)13-24(20)17-7-5-6-8-18(17)31-23(24)27/h5-13,19-20H,4H2,1-3H3/t19-,20-,24-/m0/s1. The zero-order valence-corrected chi connectivity index (χ0v) is 17.4. The van der Waals surface area contributed by atoms with Gasteiger partial charge in [0, 0.05) is 17.1 Å². The minimum atomic E-state index is -1.49. The smallest absolute Gasteiger partial charge is 0.334 e. The fourth-order valence-corrected chi connectivity index (χ4v) is 4.53. The SMILES string of the molecule is CCOC(=O)[C@@H]1[C@@H](c2ccc(OC)cc2)C(C(=O)OC)=C[C@@]12C(=O)Oc1ccccc12. The molecule has 2 aromatic carbocycles. The van der Waals surface area contributed by atoms with Crippen LogP contribution in [0, 0.1) is 5.92 Å². The summed E-state index contributed by atoms with van der Waals surface area (Å²) in [6.07, 6.45) is 1.52. The maximum atomic E-state index is 13.3. The van der Waals surface area contributed by atoms with Crippen molar-refractivity contribution in [2.75, 3.05) is 20.8 Å². The van der Waals surface area contributed by atoms with E-state index in [1.807, 2.05) is 0 Å². The number of rotatable bonds is 5. The Morgan fingerprint density at radius 2 is 1.77 bits per heavy atom. The first kappa shape index (κ1) is 20.7. The molecule has 1 spiro atoms. The number of hydrogen-bond acceptors (Lipinski definition) is 7. The van der Waals surface area contributed by atoms with Gasteiger partial charge in [0.05, 0.1) is 26.7 Å². The number of carbonyl (C=O) groups is 3. The van der Waals surface area contributed by atoms with Gasteiger partial charge in [-0.25, -0.2) is 4.79 Å². The molecule has 160 valence electrons. The number of para-hydroxylation sites is 1. The van der Waals surface area contributed by atoms with E-state index >= 15 is 0 Å². The first-order chi connectivity index (χ1) is 15.0. The number of hydrogen-bond donors (Lipinski definition) is 0. The van der Waals surface area contributed by atoms with Gasteiger partial charge in [-0.3, -0.25) is 9.59 Å². The summed E-state index contributed by atoms with van der Waals surface area (Å²) in [6.45, 7) is 1.82. The molecule has 4 rings (SSSR count). The van der Waals surface area contributed by atoms with Gasteiger partial charge >= 0.3 is 17.9 Å². The molecule has 7 nitrogen and oxygen atoms in total. The second kappa shape index (κ2) is 7.91. The summed E-state index contributed by atoms with van der Waals surface area (Å²) in [7, 11) is 2.81.